The van der Waals surface area contributed by atoms with Crippen molar-refractivity contribution in [3.8, 4) is 0 Å². The van der Waals surface area contributed by atoms with Crippen molar-refractivity contribution in [3.63, 3.8) is 0 Å². The number of aryl methyl sites for hydroxylation is 1. The third kappa shape index (κ3) is 3.26. The van der Waals surface area contributed by atoms with Crippen molar-refractivity contribution in [2.45, 2.75) is 46.6 Å². The largest absolute Gasteiger partial charge is 0.480 e. The monoisotopic (exact) mass is 280 g/mol. The number of Topliss-reactive ketones (excluding diaryl/α,β-unsaturated/α-hetero) is 1. The fourth-order valence-electron chi connectivity index (χ4n) is 2.18. The van der Waals surface area contributed by atoms with Crippen molar-refractivity contribution in [2.24, 2.45) is 0 Å². The van der Waals surface area contributed by atoms with E-state index in [-0.39, 0.29) is 11.5 Å². The van der Waals surface area contributed by atoms with Crippen LogP contribution in [0.3, 0.4) is 0 Å². The third-order valence-electron chi connectivity index (χ3n) is 3.09. The summed E-state index contributed by atoms with van der Waals surface area (Å²) in [5.74, 6) is -1.71. The third-order valence-corrected chi connectivity index (χ3v) is 3.09. The van der Waals surface area contributed by atoms with Gasteiger partial charge in [0, 0.05) is 11.3 Å². The van der Waals surface area contributed by atoms with E-state index >= 15 is 0 Å². The number of carbonyl (C=O) groups is 3. The van der Waals surface area contributed by atoms with Crippen LogP contribution in [-0.2, 0) is 11.2 Å². The van der Waals surface area contributed by atoms with Crippen LogP contribution in [-0.4, -0.2) is 33.8 Å². The first-order chi connectivity index (χ1) is 9.29. The first-order valence-corrected chi connectivity index (χ1v) is 6.55. The van der Waals surface area contributed by atoms with Gasteiger partial charge in [-0.25, -0.2) is 0 Å². The molecule has 0 aliphatic carbocycles. The zero-order chi connectivity index (χ0) is 15.4. The van der Waals surface area contributed by atoms with E-state index in [1.807, 2.05) is 6.92 Å². The molecule has 0 spiro atoms. The van der Waals surface area contributed by atoms with Crippen molar-refractivity contribution in [1.82, 2.24) is 10.3 Å². The standard InChI is InChI=1S/C14H20N2O4/c1-5-6-10-11(9(4)17)7(2)15-12(10)13(18)16-8(3)14(19)20/h8,15H,5-6H2,1-4H3,(H,16,18)(H,19,20). The van der Waals surface area contributed by atoms with Gasteiger partial charge in [0.15, 0.2) is 5.78 Å². The van der Waals surface area contributed by atoms with E-state index in [1.54, 1.807) is 6.92 Å². The second-order valence-electron chi connectivity index (χ2n) is 4.82. The number of rotatable bonds is 6. The highest BCUT2D eigenvalue weighted by Crippen LogP contribution is 2.21. The number of carboxylic acid groups (broad SMARTS) is 1. The summed E-state index contributed by atoms with van der Waals surface area (Å²) in [5.41, 5.74) is 2.10. The first kappa shape index (κ1) is 15.9. The van der Waals surface area contributed by atoms with Crippen LogP contribution < -0.4 is 5.32 Å². The average Bonchev–Trinajstić information content (AvgIpc) is 2.66. The molecule has 1 heterocycles. The Balaban J connectivity index is 3.17. The second-order valence-corrected chi connectivity index (χ2v) is 4.82. The number of carbonyl (C=O) groups excluding carboxylic acids is 2. The molecule has 3 N–H and O–H groups in total. The van der Waals surface area contributed by atoms with Crippen LogP contribution in [0.25, 0.3) is 0 Å². The van der Waals surface area contributed by atoms with Crippen LogP contribution in [0.15, 0.2) is 0 Å². The molecular weight excluding hydrogens is 260 g/mol. The van der Waals surface area contributed by atoms with Gasteiger partial charge in [0.2, 0.25) is 0 Å². The van der Waals surface area contributed by atoms with E-state index in [9.17, 15) is 14.4 Å². The number of hydrogen-bond acceptors (Lipinski definition) is 3. The smallest absolute Gasteiger partial charge is 0.325 e. The topological polar surface area (TPSA) is 99.3 Å². The summed E-state index contributed by atoms with van der Waals surface area (Å²) in [6, 6.07) is -0.985. The Hall–Kier alpha value is -2.11. The molecule has 0 saturated carbocycles. The fraction of sp³-hybridized carbons (Fsp3) is 0.500. The minimum Gasteiger partial charge on any atom is -0.480 e. The molecule has 0 aromatic carbocycles. The second kappa shape index (κ2) is 6.36. The summed E-state index contributed by atoms with van der Waals surface area (Å²) in [6.45, 7) is 6.53. The molecule has 6 nitrogen and oxygen atoms in total. The van der Waals surface area contributed by atoms with Crippen LogP contribution >= 0.6 is 0 Å². The predicted molar refractivity (Wildman–Crippen MR) is 74.1 cm³/mol. The highest BCUT2D eigenvalue weighted by atomic mass is 16.4. The Morgan fingerprint density at radius 2 is 1.95 bits per heavy atom. The lowest BCUT2D eigenvalue weighted by atomic mass is 10.0. The maximum atomic E-state index is 12.1. The maximum Gasteiger partial charge on any atom is 0.325 e. The summed E-state index contributed by atoms with van der Waals surface area (Å²) in [5, 5.41) is 11.2. The molecule has 1 rings (SSSR count). The first-order valence-electron chi connectivity index (χ1n) is 6.55. The number of ketones is 1. The van der Waals surface area contributed by atoms with E-state index in [2.05, 4.69) is 10.3 Å². The number of carboxylic acids is 1. The molecule has 1 aromatic heterocycles. The molecule has 1 amide bonds. The average molecular weight is 280 g/mol. The maximum absolute atomic E-state index is 12.1. The van der Waals surface area contributed by atoms with Gasteiger partial charge in [-0.1, -0.05) is 13.3 Å². The van der Waals surface area contributed by atoms with Crippen molar-refractivity contribution in [2.75, 3.05) is 0 Å². The molecule has 20 heavy (non-hydrogen) atoms. The Morgan fingerprint density at radius 1 is 1.35 bits per heavy atom. The lowest BCUT2D eigenvalue weighted by Crippen LogP contribution is -2.38. The minimum atomic E-state index is -1.11. The molecule has 0 saturated heterocycles. The molecule has 1 aromatic rings. The molecular formula is C14H20N2O4. The number of H-pyrrole nitrogens is 1. The van der Waals surface area contributed by atoms with Gasteiger partial charge in [0.1, 0.15) is 11.7 Å². The number of aromatic amines is 1. The lowest BCUT2D eigenvalue weighted by Gasteiger charge is -2.10. The van der Waals surface area contributed by atoms with Gasteiger partial charge in [0.25, 0.3) is 5.91 Å². The van der Waals surface area contributed by atoms with Crippen LogP contribution in [0.2, 0.25) is 0 Å². The minimum absolute atomic E-state index is 0.104. The van der Waals surface area contributed by atoms with E-state index in [4.69, 9.17) is 5.11 Å². The molecule has 1 unspecified atom stereocenters. The van der Waals surface area contributed by atoms with Crippen LogP contribution in [0, 0.1) is 6.92 Å². The van der Waals surface area contributed by atoms with Gasteiger partial charge in [-0.15, -0.1) is 0 Å². The summed E-state index contributed by atoms with van der Waals surface area (Å²) in [7, 11) is 0. The Morgan fingerprint density at radius 3 is 2.40 bits per heavy atom. The van der Waals surface area contributed by atoms with E-state index in [1.165, 1.54) is 13.8 Å². The molecule has 0 fully saturated rings. The Bertz CT molecular complexity index is 546. The van der Waals surface area contributed by atoms with Crippen molar-refractivity contribution >= 4 is 17.7 Å². The van der Waals surface area contributed by atoms with Gasteiger partial charge in [-0.05, 0) is 32.8 Å². The number of hydrogen-bond donors (Lipinski definition) is 3. The van der Waals surface area contributed by atoms with E-state index in [0.717, 1.165) is 6.42 Å². The van der Waals surface area contributed by atoms with Crippen LogP contribution in [0.4, 0.5) is 0 Å². The molecule has 0 aliphatic heterocycles. The van der Waals surface area contributed by atoms with Crippen LogP contribution in [0.5, 0.6) is 0 Å². The van der Waals surface area contributed by atoms with Crippen LogP contribution in [0.1, 0.15) is 59.3 Å². The van der Waals surface area contributed by atoms with Crippen molar-refractivity contribution < 1.29 is 19.5 Å². The normalized spacial score (nSPS) is 12.0. The van der Waals surface area contributed by atoms with Gasteiger partial charge < -0.3 is 15.4 Å². The molecule has 0 radical (unpaired) electrons. The number of nitrogens with one attached hydrogen (secondary N) is 2. The highest BCUT2D eigenvalue weighted by Gasteiger charge is 2.24. The predicted octanol–water partition coefficient (Wildman–Crippen LogP) is 1.68. The van der Waals surface area contributed by atoms with Gasteiger partial charge >= 0.3 is 5.97 Å². The van der Waals surface area contributed by atoms with Crippen molar-refractivity contribution in [3.05, 3.63) is 22.5 Å². The van der Waals surface area contributed by atoms with Gasteiger partial charge in [-0.3, -0.25) is 14.4 Å². The molecule has 110 valence electrons. The van der Waals surface area contributed by atoms with Gasteiger partial charge in [0.05, 0.1) is 0 Å². The lowest BCUT2D eigenvalue weighted by molar-refractivity contribution is -0.138. The number of amides is 1. The number of aliphatic carboxylic acids is 1. The molecule has 1 atom stereocenters. The van der Waals surface area contributed by atoms with E-state index < -0.39 is 17.9 Å². The Kier molecular flexibility index (Phi) is 5.07. The SMILES string of the molecule is CCCc1c(C(=O)NC(C)C(=O)O)[nH]c(C)c1C(C)=O. The molecule has 0 aliphatic rings. The summed E-state index contributed by atoms with van der Waals surface area (Å²) >= 11 is 0. The summed E-state index contributed by atoms with van der Waals surface area (Å²) in [4.78, 5) is 37.5. The summed E-state index contributed by atoms with van der Waals surface area (Å²) < 4.78 is 0. The van der Waals surface area contributed by atoms with E-state index in [0.29, 0.717) is 23.2 Å². The summed E-state index contributed by atoms with van der Waals surface area (Å²) in [6.07, 6.45) is 1.37. The fourth-order valence-corrected chi connectivity index (χ4v) is 2.18. The number of aromatic nitrogens is 1. The highest BCUT2D eigenvalue weighted by molar-refractivity contribution is 6.03. The van der Waals surface area contributed by atoms with Crippen molar-refractivity contribution in [1.29, 1.82) is 0 Å². The zero-order valence-electron chi connectivity index (χ0n) is 12.2. The molecule has 6 heteroatoms. The zero-order valence-corrected chi connectivity index (χ0v) is 12.2. The molecule has 0 bridgehead atoms. The quantitative estimate of drug-likeness (QED) is 0.690. The van der Waals surface area contributed by atoms with Gasteiger partial charge in [-0.2, -0.15) is 0 Å². The Labute approximate surface area is 117 Å².